The van der Waals surface area contributed by atoms with E-state index in [9.17, 15) is 9.90 Å². The lowest BCUT2D eigenvalue weighted by Gasteiger charge is -2.07. The Hall–Kier alpha value is -2.82. The number of carbonyl (C=O) groups is 1. The summed E-state index contributed by atoms with van der Waals surface area (Å²) >= 11 is 0. The number of fused-ring (bicyclic) bond motifs is 1. The van der Waals surface area contributed by atoms with E-state index in [1.54, 1.807) is 17.0 Å². The summed E-state index contributed by atoms with van der Waals surface area (Å²) in [5.74, 6) is -1.02. The molecule has 0 saturated carbocycles. The standard InChI is InChI=1S/C14H11N3O2/c15-9-6-11(14(18)19)13-12(7-9)16-8-17(13)10-4-2-1-3-5-10/h1-8H,15H2,(H,18,19). The Balaban J connectivity index is 2.36. The van der Waals surface area contributed by atoms with Gasteiger partial charge in [0.15, 0.2) is 0 Å². The molecule has 0 bridgehead atoms. The molecular weight excluding hydrogens is 242 g/mol. The first-order valence-corrected chi connectivity index (χ1v) is 5.72. The number of carboxylic acids is 1. The zero-order valence-electron chi connectivity index (χ0n) is 9.95. The molecule has 0 amide bonds. The number of imidazole rings is 1. The summed E-state index contributed by atoms with van der Waals surface area (Å²) in [6.07, 6.45) is 1.60. The van der Waals surface area contributed by atoms with Crippen molar-refractivity contribution in [2.75, 3.05) is 5.73 Å². The molecular formula is C14H11N3O2. The highest BCUT2D eigenvalue weighted by Crippen LogP contribution is 2.24. The van der Waals surface area contributed by atoms with Gasteiger partial charge in [0, 0.05) is 11.4 Å². The number of para-hydroxylation sites is 1. The van der Waals surface area contributed by atoms with Crippen molar-refractivity contribution in [2.24, 2.45) is 0 Å². The molecule has 0 spiro atoms. The second-order valence-electron chi connectivity index (χ2n) is 4.19. The molecule has 0 aliphatic heterocycles. The Morgan fingerprint density at radius 2 is 1.95 bits per heavy atom. The van der Waals surface area contributed by atoms with Crippen LogP contribution >= 0.6 is 0 Å². The summed E-state index contributed by atoms with van der Waals surface area (Å²) in [5, 5.41) is 9.30. The van der Waals surface area contributed by atoms with Gasteiger partial charge >= 0.3 is 5.97 Å². The van der Waals surface area contributed by atoms with E-state index >= 15 is 0 Å². The zero-order chi connectivity index (χ0) is 13.4. The van der Waals surface area contributed by atoms with E-state index in [2.05, 4.69) is 4.98 Å². The number of nitrogens with zero attached hydrogens (tertiary/aromatic N) is 2. The van der Waals surface area contributed by atoms with Gasteiger partial charge in [-0.3, -0.25) is 4.57 Å². The number of hydrogen-bond acceptors (Lipinski definition) is 3. The quantitative estimate of drug-likeness (QED) is 0.687. The van der Waals surface area contributed by atoms with Crippen LogP contribution in [0.4, 0.5) is 5.69 Å². The van der Waals surface area contributed by atoms with Crippen molar-refractivity contribution < 1.29 is 9.90 Å². The molecule has 94 valence electrons. The van der Waals surface area contributed by atoms with Crippen LogP contribution < -0.4 is 5.73 Å². The maximum Gasteiger partial charge on any atom is 0.337 e. The fourth-order valence-electron chi connectivity index (χ4n) is 2.12. The maximum atomic E-state index is 11.4. The summed E-state index contributed by atoms with van der Waals surface area (Å²) < 4.78 is 1.75. The lowest BCUT2D eigenvalue weighted by molar-refractivity contribution is 0.0698. The van der Waals surface area contributed by atoms with Crippen LogP contribution in [-0.4, -0.2) is 20.6 Å². The summed E-state index contributed by atoms with van der Waals surface area (Å²) in [6, 6.07) is 12.6. The first kappa shape index (κ1) is 11.3. The van der Waals surface area contributed by atoms with Gasteiger partial charge in [0.25, 0.3) is 0 Å². The van der Waals surface area contributed by atoms with Crippen LogP contribution in [0.1, 0.15) is 10.4 Å². The third kappa shape index (κ3) is 1.81. The Bertz CT molecular complexity index is 763. The number of benzene rings is 2. The predicted octanol–water partition coefficient (Wildman–Crippen LogP) is 2.31. The largest absolute Gasteiger partial charge is 0.478 e. The number of nitrogens with two attached hydrogens (primary N) is 1. The number of anilines is 1. The van der Waals surface area contributed by atoms with E-state index in [4.69, 9.17) is 5.73 Å². The molecule has 0 atom stereocenters. The Kier molecular flexibility index (Phi) is 2.45. The van der Waals surface area contributed by atoms with Crippen molar-refractivity contribution >= 4 is 22.7 Å². The average molecular weight is 253 g/mol. The van der Waals surface area contributed by atoms with Gasteiger partial charge in [0.1, 0.15) is 6.33 Å². The minimum absolute atomic E-state index is 0.149. The molecule has 5 nitrogen and oxygen atoms in total. The summed E-state index contributed by atoms with van der Waals surface area (Å²) in [4.78, 5) is 15.6. The van der Waals surface area contributed by atoms with Gasteiger partial charge in [0.05, 0.1) is 16.6 Å². The summed E-state index contributed by atoms with van der Waals surface area (Å²) in [7, 11) is 0. The molecule has 0 unspecified atom stereocenters. The lowest BCUT2D eigenvalue weighted by atomic mass is 10.1. The summed E-state index contributed by atoms with van der Waals surface area (Å²) in [5.41, 5.74) is 8.22. The molecule has 19 heavy (non-hydrogen) atoms. The fraction of sp³-hybridized carbons (Fsp3) is 0. The SMILES string of the molecule is Nc1cc(C(=O)O)c2c(c1)ncn2-c1ccccc1. The first-order valence-electron chi connectivity index (χ1n) is 5.72. The zero-order valence-corrected chi connectivity index (χ0v) is 9.95. The normalized spacial score (nSPS) is 10.7. The van der Waals surface area contributed by atoms with E-state index < -0.39 is 5.97 Å². The van der Waals surface area contributed by atoms with Crippen LogP contribution in [0.3, 0.4) is 0 Å². The van der Waals surface area contributed by atoms with Crippen LogP contribution in [0.2, 0.25) is 0 Å². The number of rotatable bonds is 2. The third-order valence-electron chi connectivity index (χ3n) is 2.93. The number of hydrogen-bond donors (Lipinski definition) is 2. The number of aromatic carboxylic acids is 1. The summed E-state index contributed by atoms with van der Waals surface area (Å²) in [6.45, 7) is 0. The van der Waals surface area contributed by atoms with Crippen molar-refractivity contribution in [3.05, 3.63) is 54.4 Å². The molecule has 0 fully saturated rings. The van der Waals surface area contributed by atoms with E-state index in [1.807, 2.05) is 30.3 Å². The Morgan fingerprint density at radius 1 is 1.21 bits per heavy atom. The number of carboxylic acid groups (broad SMARTS) is 1. The van der Waals surface area contributed by atoms with Gasteiger partial charge in [-0.1, -0.05) is 18.2 Å². The highest BCUT2D eigenvalue weighted by Gasteiger charge is 2.15. The third-order valence-corrected chi connectivity index (χ3v) is 2.93. The van der Waals surface area contributed by atoms with E-state index in [1.165, 1.54) is 6.07 Å². The molecule has 1 aromatic heterocycles. The van der Waals surface area contributed by atoms with Crippen LogP contribution in [0.25, 0.3) is 16.7 Å². The Morgan fingerprint density at radius 3 is 2.63 bits per heavy atom. The molecule has 5 heteroatoms. The van der Waals surface area contributed by atoms with Crippen molar-refractivity contribution in [1.82, 2.24) is 9.55 Å². The van der Waals surface area contributed by atoms with Gasteiger partial charge in [-0.15, -0.1) is 0 Å². The van der Waals surface area contributed by atoms with Crippen molar-refractivity contribution in [1.29, 1.82) is 0 Å². The lowest BCUT2D eigenvalue weighted by Crippen LogP contribution is -2.03. The van der Waals surface area contributed by atoms with Crippen LogP contribution in [0.15, 0.2) is 48.8 Å². The Labute approximate surface area is 108 Å². The second kappa shape index (κ2) is 4.13. The minimum Gasteiger partial charge on any atom is -0.478 e. The monoisotopic (exact) mass is 253 g/mol. The molecule has 2 aromatic carbocycles. The van der Waals surface area contributed by atoms with Crippen LogP contribution in [0.5, 0.6) is 0 Å². The predicted molar refractivity (Wildman–Crippen MR) is 72.4 cm³/mol. The van der Waals surface area contributed by atoms with Gasteiger partial charge in [-0.05, 0) is 24.3 Å². The molecule has 1 heterocycles. The minimum atomic E-state index is -1.02. The van der Waals surface area contributed by atoms with Crippen molar-refractivity contribution in [3.8, 4) is 5.69 Å². The molecule has 0 aliphatic carbocycles. The molecule has 0 aliphatic rings. The van der Waals surface area contributed by atoms with Gasteiger partial charge < -0.3 is 10.8 Å². The van der Waals surface area contributed by atoms with E-state index in [0.29, 0.717) is 16.7 Å². The maximum absolute atomic E-state index is 11.4. The van der Waals surface area contributed by atoms with Gasteiger partial charge in [-0.2, -0.15) is 0 Å². The number of nitrogen functional groups attached to an aromatic ring is 1. The highest BCUT2D eigenvalue weighted by atomic mass is 16.4. The fourth-order valence-corrected chi connectivity index (χ4v) is 2.12. The average Bonchev–Trinajstić information content (AvgIpc) is 2.82. The van der Waals surface area contributed by atoms with Crippen molar-refractivity contribution in [2.45, 2.75) is 0 Å². The molecule has 3 N–H and O–H groups in total. The van der Waals surface area contributed by atoms with Crippen molar-refractivity contribution in [3.63, 3.8) is 0 Å². The van der Waals surface area contributed by atoms with E-state index in [0.717, 1.165) is 5.69 Å². The molecule has 0 saturated heterocycles. The van der Waals surface area contributed by atoms with E-state index in [-0.39, 0.29) is 5.56 Å². The topological polar surface area (TPSA) is 81.1 Å². The van der Waals surface area contributed by atoms with Gasteiger partial charge in [0.2, 0.25) is 0 Å². The molecule has 3 rings (SSSR count). The van der Waals surface area contributed by atoms with Crippen LogP contribution in [0, 0.1) is 0 Å². The van der Waals surface area contributed by atoms with Gasteiger partial charge in [-0.25, -0.2) is 9.78 Å². The van der Waals surface area contributed by atoms with Crippen LogP contribution in [-0.2, 0) is 0 Å². The molecule has 3 aromatic rings. The molecule has 0 radical (unpaired) electrons. The second-order valence-corrected chi connectivity index (χ2v) is 4.19. The number of aromatic nitrogens is 2. The first-order chi connectivity index (χ1) is 9.16. The highest BCUT2D eigenvalue weighted by molar-refractivity contribution is 6.03. The smallest absolute Gasteiger partial charge is 0.337 e.